The first-order valence-corrected chi connectivity index (χ1v) is 7.29. The van der Waals surface area contributed by atoms with E-state index in [1.165, 1.54) is 31.7 Å². The summed E-state index contributed by atoms with van der Waals surface area (Å²) in [6, 6.07) is 5.50. The quantitative estimate of drug-likeness (QED) is 0.890. The molecule has 0 spiro atoms. The van der Waals surface area contributed by atoms with Crippen molar-refractivity contribution < 1.29 is 9.13 Å². The average molecular weight is 316 g/mol. The van der Waals surface area contributed by atoms with Crippen molar-refractivity contribution in [1.82, 2.24) is 5.32 Å². The number of hydrogen-bond donors (Lipinski definition) is 1. The summed E-state index contributed by atoms with van der Waals surface area (Å²) >= 11 is 3.13. The number of ether oxygens (including phenoxy) is 1. The molecule has 0 aliphatic heterocycles. The molecule has 1 saturated carbocycles. The number of halogens is 2. The SMILES string of the molecule is CC(CNC1CCCC1)Oc1ccc(Br)c(F)c1. The van der Waals surface area contributed by atoms with Gasteiger partial charge < -0.3 is 10.1 Å². The Kier molecular flexibility index (Phi) is 5.01. The van der Waals surface area contributed by atoms with E-state index >= 15 is 0 Å². The molecule has 1 unspecified atom stereocenters. The highest BCUT2D eigenvalue weighted by molar-refractivity contribution is 9.10. The van der Waals surface area contributed by atoms with Gasteiger partial charge in [-0.15, -0.1) is 0 Å². The van der Waals surface area contributed by atoms with Gasteiger partial charge in [-0.25, -0.2) is 4.39 Å². The van der Waals surface area contributed by atoms with Crippen LogP contribution in [-0.4, -0.2) is 18.7 Å². The molecule has 4 heteroatoms. The van der Waals surface area contributed by atoms with Crippen LogP contribution in [0.4, 0.5) is 4.39 Å². The van der Waals surface area contributed by atoms with Gasteiger partial charge in [0.15, 0.2) is 0 Å². The van der Waals surface area contributed by atoms with Crippen LogP contribution in [0.3, 0.4) is 0 Å². The van der Waals surface area contributed by atoms with E-state index in [2.05, 4.69) is 21.2 Å². The lowest BCUT2D eigenvalue weighted by atomic mass is 10.2. The summed E-state index contributed by atoms with van der Waals surface area (Å²) in [6.07, 6.45) is 5.22. The first-order valence-electron chi connectivity index (χ1n) is 6.50. The first-order chi connectivity index (χ1) is 8.65. The largest absolute Gasteiger partial charge is 0.489 e. The monoisotopic (exact) mass is 315 g/mol. The Morgan fingerprint density at radius 1 is 1.44 bits per heavy atom. The maximum atomic E-state index is 13.3. The van der Waals surface area contributed by atoms with Gasteiger partial charge in [0.1, 0.15) is 17.7 Å². The van der Waals surface area contributed by atoms with E-state index < -0.39 is 0 Å². The summed E-state index contributed by atoms with van der Waals surface area (Å²) < 4.78 is 19.5. The van der Waals surface area contributed by atoms with Crippen LogP contribution in [0.15, 0.2) is 22.7 Å². The van der Waals surface area contributed by atoms with E-state index in [1.54, 1.807) is 12.1 Å². The zero-order chi connectivity index (χ0) is 13.0. The van der Waals surface area contributed by atoms with Crippen molar-refractivity contribution in [3.8, 4) is 5.75 Å². The highest BCUT2D eigenvalue weighted by atomic mass is 79.9. The molecule has 1 aliphatic carbocycles. The normalized spacial score (nSPS) is 17.9. The first kappa shape index (κ1) is 13.8. The summed E-state index contributed by atoms with van der Waals surface area (Å²) in [6.45, 7) is 2.81. The van der Waals surface area contributed by atoms with Crippen molar-refractivity contribution in [3.63, 3.8) is 0 Å². The highest BCUT2D eigenvalue weighted by Crippen LogP contribution is 2.22. The number of rotatable bonds is 5. The standard InChI is InChI=1S/C14H19BrFNO/c1-10(9-17-11-4-2-3-5-11)18-12-6-7-13(15)14(16)8-12/h6-8,10-11,17H,2-5,9H2,1H3. The van der Waals surface area contributed by atoms with Gasteiger partial charge >= 0.3 is 0 Å². The van der Waals surface area contributed by atoms with E-state index in [1.807, 2.05) is 6.92 Å². The van der Waals surface area contributed by atoms with Crippen LogP contribution < -0.4 is 10.1 Å². The number of hydrogen-bond acceptors (Lipinski definition) is 2. The lowest BCUT2D eigenvalue weighted by Gasteiger charge is -2.18. The molecule has 1 aliphatic rings. The molecule has 100 valence electrons. The molecule has 0 heterocycles. The zero-order valence-electron chi connectivity index (χ0n) is 10.6. The summed E-state index contributed by atoms with van der Waals surface area (Å²) in [4.78, 5) is 0. The van der Waals surface area contributed by atoms with Crippen LogP contribution in [0.25, 0.3) is 0 Å². The van der Waals surface area contributed by atoms with Crippen LogP contribution >= 0.6 is 15.9 Å². The van der Waals surface area contributed by atoms with Crippen LogP contribution in [0.2, 0.25) is 0 Å². The van der Waals surface area contributed by atoms with Crippen molar-refractivity contribution >= 4 is 15.9 Å². The molecule has 0 amide bonds. The smallest absolute Gasteiger partial charge is 0.141 e. The fourth-order valence-corrected chi connectivity index (χ4v) is 2.53. The fourth-order valence-electron chi connectivity index (χ4n) is 2.29. The molecule has 1 N–H and O–H groups in total. The Morgan fingerprint density at radius 3 is 2.83 bits per heavy atom. The lowest BCUT2D eigenvalue weighted by molar-refractivity contribution is 0.210. The minimum Gasteiger partial charge on any atom is -0.489 e. The Balaban J connectivity index is 1.78. The second-order valence-corrected chi connectivity index (χ2v) is 5.75. The molecule has 1 aromatic rings. The molecule has 18 heavy (non-hydrogen) atoms. The Hall–Kier alpha value is -0.610. The van der Waals surface area contributed by atoms with E-state index in [0.29, 0.717) is 16.3 Å². The Bertz CT molecular complexity index is 393. The predicted octanol–water partition coefficient (Wildman–Crippen LogP) is 3.89. The minimum atomic E-state index is -0.288. The van der Waals surface area contributed by atoms with Crippen molar-refractivity contribution in [3.05, 3.63) is 28.5 Å². The van der Waals surface area contributed by atoms with E-state index in [-0.39, 0.29) is 11.9 Å². The van der Waals surface area contributed by atoms with E-state index in [4.69, 9.17) is 4.74 Å². The molecular weight excluding hydrogens is 297 g/mol. The van der Waals surface area contributed by atoms with E-state index in [0.717, 1.165) is 6.54 Å². The summed E-state index contributed by atoms with van der Waals surface area (Å²) in [5, 5.41) is 3.50. The fraction of sp³-hybridized carbons (Fsp3) is 0.571. The predicted molar refractivity (Wildman–Crippen MR) is 74.4 cm³/mol. The van der Waals surface area contributed by atoms with Gasteiger partial charge in [-0.3, -0.25) is 0 Å². The van der Waals surface area contributed by atoms with Gasteiger partial charge in [-0.05, 0) is 47.8 Å². The van der Waals surface area contributed by atoms with Gasteiger partial charge in [-0.2, -0.15) is 0 Å². The summed E-state index contributed by atoms with van der Waals surface area (Å²) in [7, 11) is 0. The van der Waals surface area contributed by atoms with E-state index in [9.17, 15) is 4.39 Å². The maximum absolute atomic E-state index is 13.3. The van der Waals surface area contributed by atoms with Crippen LogP contribution in [0.1, 0.15) is 32.6 Å². The zero-order valence-corrected chi connectivity index (χ0v) is 12.2. The highest BCUT2D eigenvalue weighted by Gasteiger charge is 2.15. The van der Waals surface area contributed by atoms with Crippen LogP contribution in [0.5, 0.6) is 5.75 Å². The molecule has 2 nitrogen and oxygen atoms in total. The maximum Gasteiger partial charge on any atom is 0.141 e. The summed E-state index contributed by atoms with van der Waals surface area (Å²) in [5.41, 5.74) is 0. The minimum absolute atomic E-state index is 0.0474. The molecule has 1 fully saturated rings. The average Bonchev–Trinajstić information content (AvgIpc) is 2.84. The van der Waals surface area contributed by atoms with Crippen molar-refractivity contribution in [1.29, 1.82) is 0 Å². The third-order valence-electron chi connectivity index (χ3n) is 3.28. The third-order valence-corrected chi connectivity index (χ3v) is 3.92. The van der Waals surface area contributed by atoms with Gasteiger partial charge in [0.2, 0.25) is 0 Å². The second kappa shape index (κ2) is 6.53. The van der Waals surface area contributed by atoms with Crippen molar-refractivity contribution in [2.45, 2.75) is 44.8 Å². The Morgan fingerprint density at radius 2 is 2.17 bits per heavy atom. The van der Waals surface area contributed by atoms with Crippen molar-refractivity contribution in [2.24, 2.45) is 0 Å². The van der Waals surface area contributed by atoms with Crippen molar-refractivity contribution in [2.75, 3.05) is 6.54 Å². The molecule has 1 aromatic carbocycles. The Labute approximate surface area is 116 Å². The van der Waals surface area contributed by atoms with Crippen LogP contribution in [-0.2, 0) is 0 Å². The molecule has 2 rings (SSSR count). The molecule has 0 aromatic heterocycles. The number of benzene rings is 1. The molecule has 0 bridgehead atoms. The van der Waals surface area contributed by atoms with Crippen LogP contribution in [0, 0.1) is 5.82 Å². The third kappa shape index (κ3) is 3.95. The van der Waals surface area contributed by atoms with Gasteiger partial charge in [0.05, 0.1) is 4.47 Å². The summed E-state index contributed by atoms with van der Waals surface area (Å²) in [5.74, 6) is 0.292. The molecule has 0 radical (unpaired) electrons. The van der Waals surface area contributed by atoms with Gasteiger partial charge in [-0.1, -0.05) is 12.8 Å². The molecular formula is C14H19BrFNO. The second-order valence-electron chi connectivity index (χ2n) is 4.89. The topological polar surface area (TPSA) is 21.3 Å². The molecule has 0 saturated heterocycles. The van der Waals surface area contributed by atoms with Gasteiger partial charge in [0.25, 0.3) is 0 Å². The van der Waals surface area contributed by atoms with Gasteiger partial charge in [0, 0.05) is 18.7 Å². The molecule has 1 atom stereocenters. The lowest BCUT2D eigenvalue weighted by Crippen LogP contribution is -2.35. The number of nitrogens with one attached hydrogen (secondary N) is 1.